The molecule has 19 heavy (non-hydrogen) atoms. The quantitative estimate of drug-likeness (QED) is 0.912. The fourth-order valence-electron chi connectivity index (χ4n) is 2.05. The number of para-hydroxylation sites is 1. The fraction of sp³-hybridized carbons (Fsp3) is 0.357. The zero-order valence-corrected chi connectivity index (χ0v) is 10.6. The Morgan fingerprint density at radius 2 is 2.05 bits per heavy atom. The summed E-state index contributed by atoms with van der Waals surface area (Å²) in [6.07, 6.45) is 2.56. The summed E-state index contributed by atoms with van der Waals surface area (Å²) >= 11 is 0. The van der Waals surface area contributed by atoms with E-state index in [9.17, 15) is 0 Å². The number of nitrogens with one attached hydrogen (secondary N) is 1. The molecule has 2 aromatic rings. The first kappa shape index (κ1) is 12.0. The van der Waals surface area contributed by atoms with Crippen molar-refractivity contribution in [3.05, 3.63) is 41.8 Å². The predicted octanol–water partition coefficient (Wildman–Crippen LogP) is 2.13. The van der Waals surface area contributed by atoms with E-state index in [1.54, 1.807) is 6.20 Å². The fourth-order valence-corrected chi connectivity index (χ4v) is 2.05. The van der Waals surface area contributed by atoms with Crippen molar-refractivity contribution in [2.45, 2.75) is 19.5 Å². The second-order valence-corrected chi connectivity index (χ2v) is 4.38. The monoisotopic (exact) mass is 260 g/mol. The van der Waals surface area contributed by atoms with Gasteiger partial charge >= 0.3 is 0 Å². The van der Waals surface area contributed by atoms with Crippen molar-refractivity contribution < 1.29 is 14.0 Å². The Morgan fingerprint density at radius 3 is 2.95 bits per heavy atom. The van der Waals surface area contributed by atoms with E-state index in [1.807, 2.05) is 24.3 Å². The normalized spacial score (nSPS) is 14.1. The maximum Gasteiger partial charge on any atom is 0.165 e. The smallest absolute Gasteiger partial charge is 0.165 e. The molecule has 0 amide bonds. The van der Waals surface area contributed by atoms with Crippen molar-refractivity contribution in [2.24, 2.45) is 0 Å². The maximum absolute atomic E-state index is 5.77. The lowest BCUT2D eigenvalue weighted by Gasteiger charge is -2.12. The summed E-state index contributed by atoms with van der Waals surface area (Å²) < 4.78 is 16.5. The van der Waals surface area contributed by atoms with Crippen molar-refractivity contribution in [1.29, 1.82) is 0 Å². The highest BCUT2D eigenvalue weighted by molar-refractivity contribution is 5.47. The lowest BCUT2D eigenvalue weighted by Crippen LogP contribution is -2.13. The third-order valence-corrected chi connectivity index (χ3v) is 2.96. The number of hydrogen-bond acceptors (Lipinski definition) is 5. The zero-order chi connectivity index (χ0) is 12.9. The molecule has 0 saturated heterocycles. The Labute approximate surface area is 111 Å². The van der Waals surface area contributed by atoms with E-state index in [4.69, 9.17) is 14.0 Å². The molecular formula is C14H16N2O3. The largest absolute Gasteiger partial charge is 0.490 e. The Kier molecular flexibility index (Phi) is 3.65. The van der Waals surface area contributed by atoms with E-state index in [2.05, 4.69) is 10.5 Å². The first-order valence-corrected chi connectivity index (χ1v) is 6.41. The number of ether oxygens (including phenoxy) is 2. The molecule has 5 heteroatoms. The highest BCUT2D eigenvalue weighted by Gasteiger charge is 2.14. The number of aromatic nitrogens is 1. The maximum atomic E-state index is 5.77. The number of fused-ring (bicyclic) bond motifs is 1. The standard InChI is InChI=1S/C14H16N2O3/c1-3-11(9-15-10-12-5-6-16-19-12)14-13(4-1)17-7-2-8-18-14/h1,3-6,15H,2,7-10H2. The lowest BCUT2D eigenvalue weighted by molar-refractivity contribution is 0.295. The second kappa shape index (κ2) is 5.75. The third-order valence-electron chi connectivity index (χ3n) is 2.96. The van der Waals surface area contributed by atoms with Gasteiger partial charge in [-0.15, -0.1) is 0 Å². The molecule has 1 aliphatic heterocycles. The van der Waals surface area contributed by atoms with Gasteiger partial charge in [-0.1, -0.05) is 17.3 Å². The van der Waals surface area contributed by atoms with Crippen LogP contribution in [0.25, 0.3) is 0 Å². The van der Waals surface area contributed by atoms with Gasteiger partial charge in [0.05, 0.1) is 26.0 Å². The van der Waals surface area contributed by atoms with Crippen molar-refractivity contribution in [3.8, 4) is 11.5 Å². The molecule has 5 nitrogen and oxygen atoms in total. The Hall–Kier alpha value is -2.01. The van der Waals surface area contributed by atoms with Crippen LogP contribution in [0.5, 0.6) is 11.5 Å². The highest BCUT2D eigenvalue weighted by Crippen LogP contribution is 2.33. The average Bonchev–Trinajstić information content (AvgIpc) is 2.82. The van der Waals surface area contributed by atoms with Crippen LogP contribution in [0.3, 0.4) is 0 Å². The molecule has 3 rings (SSSR count). The summed E-state index contributed by atoms with van der Waals surface area (Å²) in [4.78, 5) is 0. The minimum Gasteiger partial charge on any atom is -0.490 e. The van der Waals surface area contributed by atoms with Crippen molar-refractivity contribution in [2.75, 3.05) is 13.2 Å². The van der Waals surface area contributed by atoms with E-state index >= 15 is 0 Å². The van der Waals surface area contributed by atoms with Crippen LogP contribution < -0.4 is 14.8 Å². The number of hydrogen-bond donors (Lipinski definition) is 1. The molecule has 0 bridgehead atoms. The van der Waals surface area contributed by atoms with Crippen LogP contribution in [-0.4, -0.2) is 18.4 Å². The molecule has 2 heterocycles. The molecule has 0 unspecified atom stereocenters. The molecule has 0 radical (unpaired) electrons. The molecule has 0 aliphatic carbocycles. The topological polar surface area (TPSA) is 56.5 Å². The van der Waals surface area contributed by atoms with Gasteiger partial charge in [-0.25, -0.2) is 0 Å². The van der Waals surface area contributed by atoms with E-state index in [1.165, 1.54) is 0 Å². The summed E-state index contributed by atoms with van der Waals surface area (Å²) in [5.74, 6) is 2.50. The van der Waals surface area contributed by atoms with Crippen LogP contribution in [0.1, 0.15) is 17.7 Å². The average molecular weight is 260 g/mol. The summed E-state index contributed by atoms with van der Waals surface area (Å²) in [5.41, 5.74) is 1.10. The van der Waals surface area contributed by atoms with E-state index in [0.29, 0.717) is 26.3 Å². The first-order chi connectivity index (χ1) is 9.43. The second-order valence-electron chi connectivity index (χ2n) is 4.38. The van der Waals surface area contributed by atoms with Gasteiger partial charge in [-0.2, -0.15) is 0 Å². The molecule has 1 N–H and O–H groups in total. The predicted molar refractivity (Wildman–Crippen MR) is 69.1 cm³/mol. The minimum absolute atomic E-state index is 0.643. The number of nitrogens with zero attached hydrogens (tertiary/aromatic N) is 1. The molecular weight excluding hydrogens is 244 g/mol. The molecule has 0 spiro atoms. The van der Waals surface area contributed by atoms with Crippen molar-refractivity contribution in [3.63, 3.8) is 0 Å². The molecule has 100 valence electrons. The van der Waals surface area contributed by atoms with Crippen LogP contribution in [0, 0.1) is 0 Å². The minimum atomic E-state index is 0.643. The molecule has 1 aromatic heterocycles. The van der Waals surface area contributed by atoms with Gasteiger partial charge in [0.1, 0.15) is 5.76 Å². The molecule has 1 aromatic carbocycles. The molecule has 0 saturated carbocycles. The van der Waals surface area contributed by atoms with Gasteiger partial charge in [0.2, 0.25) is 0 Å². The van der Waals surface area contributed by atoms with Gasteiger partial charge in [-0.3, -0.25) is 0 Å². The van der Waals surface area contributed by atoms with Gasteiger partial charge < -0.3 is 19.3 Å². The number of rotatable bonds is 4. The van der Waals surface area contributed by atoms with Gasteiger partial charge in [0, 0.05) is 24.6 Å². The van der Waals surface area contributed by atoms with E-state index in [0.717, 1.165) is 29.2 Å². The van der Waals surface area contributed by atoms with Crippen LogP contribution in [0.2, 0.25) is 0 Å². The Morgan fingerprint density at radius 1 is 1.11 bits per heavy atom. The van der Waals surface area contributed by atoms with E-state index in [-0.39, 0.29) is 0 Å². The molecule has 0 fully saturated rings. The van der Waals surface area contributed by atoms with Crippen LogP contribution in [0.15, 0.2) is 35.0 Å². The summed E-state index contributed by atoms with van der Waals surface area (Å²) in [6, 6.07) is 7.82. The lowest BCUT2D eigenvalue weighted by atomic mass is 10.2. The summed E-state index contributed by atoms with van der Waals surface area (Å²) in [5, 5.41) is 6.98. The van der Waals surface area contributed by atoms with Crippen LogP contribution in [-0.2, 0) is 13.1 Å². The van der Waals surface area contributed by atoms with Crippen LogP contribution in [0.4, 0.5) is 0 Å². The zero-order valence-electron chi connectivity index (χ0n) is 10.6. The highest BCUT2D eigenvalue weighted by atomic mass is 16.5. The number of benzene rings is 1. The van der Waals surface area contributed by atoms with Gasteiger partial charge in [0.15, 0.2) is 11.5 Å². The van der Waals surface area contributed by atoms with Crippen molar-refractivity contribution >= 4 is 0 Å². The first-order valence-electron chi connectivity index (χ1n) is 6.41. The van der Waals surface area contributed by atoms with E-state index < -0.39 is 0 Å². The van der Waals surface area contributed by atoms with Crippen LogP contribution >= 0.6 is 0 Å². The molecule has 1 aliphatic rings. The summed E-state index contributed by atoms with van der Waals surface area (Å²) in [6.45, 7) is 2.76. The summed E-state index contributed by atoms with van der Waals surface area (Å²) in [7, 11) is 0. The van der Waals surface area contributed by atoms with Gasteiger partial charge in [-0.05, 0) is 6.07 Å². The van der Waals surface area contributed by atoms with Crippen molar-refractivity contribution in [1.82, 2.24) is 10.5 Å². The SMILES string of the molecule is c1cc(CNCc2ccno2)c2c(c1)OCCCO2. The molecule has 0 atom stereocenters. The Bertz CT molecular complexity index is 525. The third kappa shape index (κ3) is 2.88. The van der Waals surface area contributed by atoms with Gasteiger partial charge in [0.25, 0.3) is 0 Å². The Balaban J connectivity index is 1.67.